The predicted octanol–water partition coefficient (Wildman–Crippen LogP) is 4.43. The van der Waals surface area contributed by atoms with Crippen LogP contribution in [0.15, 0.2) is 79.3 Å². The Hall–Kier alpha value is -4.30. The third-order valence-electron chi connectivity index (χ3n) is 5.60. The Balaban J connectivity index is 1.39. The summed E-state index contributed by atoms with van der Waals surface area (Å²) in [6.07, 6.45) is 3.66. The molecule has 1 amide bonds. The van der Waals surface area contributed by atoms with Gasteiger partial charge in [-0.2, -0.15) is 0 Å². The van der Waals surface area contributed by atoms with Crippen molar-refractivity contribution >= 4 is 5.91 Å². The topological polar surface area (TPSA) is 56.1 Å². The van der Waals surface area contributed by atoms with Gasteiger partial charge < -0.3 is 14.6 Å². The van der Waals surface area contributed by atoms with Gasteiger partial charge in [0, 0.05) is 17.7 Å². The standard InChI is InChI=1S/C27H21N3O2/c1-18-16-30(17-28-18)24-13-11-19(15-25(24)32-2)12-14-26(31)29-27-22-9-5-3-7-20(22)21-8-4-6-10-23(21)27/h3-11,13,15-17,27H,1-2H3,(H,29,31). The van der Waals surface area contributed by atoms with Crippen LogP contribution in [0, 0.1) is 18.8 Å². The van der Waals surface area contributed by atoms with Crippen molar-refractivity contribution in [2.45, 2.75) is 13.0 Å². The Labute approximate surface area is 186 Å². The molecular weight excluding hydrogens is 398 g/mol. The number of imidazole rings is 1. The number of benzene rings is 3. The van der Waals surface area contributed by atoms with E-state index < -0.39 is 0 Å². The van der Waals surface area contributed by atoms with Gasteiger partial charge in [0.2, 0.25) is 0 Å². The lowest BCUT2D eigenvalue weighted by Crippen LogP contribution is -2.26. The molecule has 0 spiro atoms. The Morgan fingerprint density at radius 2 is 1.72 bits per heavy atom. The van der Waals surface area contributed by atoms with Gasteiger partial charge in [-0.15, -0.1) is 0 Å². The molecule has 0 bridgehead atoms. The first kappa shape index (κ1) is 19.7. The van der Waals surface area contributed by atoms with Crippen molar-refractivity contribution in [1.29, 1.82) is 0 Å². The summed E-state index contributed by atoms with van der Waals surface area (Å²) in [6.45, 7) is 1.93. The lowest BCUT2D eigenvalue weighted by atomic mass is 10.1. The Morgan fingerprint density at radius 1 is 1.03 bits per heavy atom. The summed E-state index contributed by atoms with van der Waals surface area (Å²) in [7, 11) is 1.61. The highest BCUT2D eigenvalue weighted by atomic mass is 16.5. The summed E-state index contributed by atoms with van der Waals surface area (Å²) in [5.74, 6) is 6.02. The van der Waals surface area contributed by atoms with Crippen LogP contribution < -0.4 is 10.1 Å². The summed E-state index contributed by atoms with van der Waals surface area (Å²) >= 11 is 0. The maximum Gasteiger partial charge on any atom is 0.296 e. The number of ether oxygens (including phenoxy) is 1. The molecule has 0 saturated carbocycles. The van der Waals surface area contributed by atoms with Crippen LogP contribution in [-0.4, -0.2) is 22.6 Å². The third kappa shape index (κ3) is 3.52. The number of nitrogens with one attached hydrogen (secondary N) is 1. The fraction of sp³-hybridized carbons (Fsp3) is 0.111. The molecule has 0 unspecified atom stereocenters. The van der Waals surface area contributed by atoms with Gasteiger partial charge in [0.25, 0.3) is 5.91 Å². The number of hydrogen-bond acceptors (Lipinski definition) is 3. The zero-order valence-corrected chi connectivity index (χ0v) is 17.8. The normalized spacial score (nSPS) is 11.8. The summed E-state index contributed by atoms with van der Waals surface area (Å²) in [5.41, 5.74) is 6.96. The molecule has 1 aromatic heterocycles. The van der Waals surface area contributed by atoms with Crippen molar-refractivity contribution in [3.05, 3.63) is 102 Å². The number of nitrogens with zero attached hydrogens (tertiary/aromatic N) is 2. The minimum atomic E-state index is -0.324. The molecule has 3 aromatic carbocycles. The van der Waals surface area contributed by atoms with E-state index in [0.29, 0.717) is 11.3 Å². The van der Waals surface area contributed by atoms with E-state index in [-0.39, 0.29) is 11.9 Å². The fourth-order valence-corrected chi connectivity index (χ4v) is 4.13. The predicted molar refractivity (Wildman–Crippen MR) is 124 cm³/mol. The van der Waals surface area contributed by atoms with Gasteiger partial charge in [-0.25, -0.2) is 4.98 Å². The van der Waals surface area contributed by atoms with E-state index in [1.807, 2.05) is 60.2 Å². The van der Waals surface area contributed by atoms with Crippen molar-refractivity contribution in [2.24, 2.45) is 0 Å². The highest BCUT2D eigenvalue weighted by molar-refractivity contribution is 5.95. The number of carbonyl (C=O) groups excluding carboxylic acids is 1. The second-order valence-corrected chi connectivity index (χ2v) is 7.64. The number of aryl methyl sites for hydroxylation is 1. The number of hydrogen-bond donors (Lipinski definition) is 1. The van der Waals surface area contributed by atoms with Gasteiger partial charge in [-0.1, -0.05) is 54.5 Å². The zero-order valence-electron chi connectivity index (χ0n) is 17.8. The Morgan fingerprint density at radius 3 is 2.34 bits per heavy atom. The number of fused-ring (bicyclic) bond motifs is 3. The van der Waals surface area contributed by atoms with Crippen LogP contribution >= 0.6 is 0 Å². The van der Waals surface area contributed by atoms with Gasteiger partial charge in [-0.3, -0.25) is 4.79 Å². The van der Waals surface area contributed by atoms with Crippen LogP contribution in [0.5, 0.6) is 5.75 Å². The molecule has 0 fully saturated rings. The van der Waals surface area contributed by atoms with Crippen LogP contribution in [0.25, 0.3) is 16.8 Å². The van der Waals surface area contributed by atoms with Gasteiger partial charge in [-0.05, 0) is 47.4 Å². The van der Waals surface area contributed by atoms with Gasteiger partial charge in [0.05, 0.1) is 30.9 Å². The fourth-order valence-electron chi connectivity index (χ4n) is 4.13. The van der Waals surface area contributed by atoms with Crippen LogP contribution in [0.2, 0.25) is 0 Å². The largest absolute Gasteiger partial charge is 0.495 e. The highest BCUT2D eigenvalue weighted by Gasteiger charge is 2.28. The van der Waals surface area contributed by atoms with Crippen LogP contribution in [0.4, 0.5) is 0 Å². The van der Waals surface area contributed by atoms with Gasteiger partial charge >= 0.3 is 0 Å². The first-order valence-corrected chi connectivity index (χ1v) is 10.3. The molecule has 5 nitrogen and oxygen atoms in total. The molecule has 0 radical (unpaired) electrons. The summed E-state index contributed by atoms with van der Waals surface area (Å²) in [5, 5.41) is 3.07. The SMILES string of the molecule is COc1cc(C#CC(=O)NC2c3ccccc3-c3ccccc32)ccc1-n1cnc(C)c1. The van der Waals surface area contributed by atoms with Crippen molar-refractivity contribution in [2.75, 3.05) is 7.11 Å². The van der Waals surface area contributed by atoms with Crippen LogP contribution in [0.3, 0.4) is 0 Å². The summed E-state index contributed by atoms with van der Waals surface area (Å²) < 4.78 is 7.42. The zero-order chi connectivity index (χ0) is 22.1. The molecule has 0 atom stereocenters. The first-order chi connectivity index (χ1) is 15.6. The van der Waals surface area contributed by atoms with Crippen molar-refractivity contribution < 1.29 is 9.53 Å². The second-order valence-electron chi connectivity index (χ2n) is 7.64. The first-order valence-electron chi connectivity index (χ1n) is 10.3. The smallest absolute Gasteiger partial charge is 0.296 e. The molecule has 1 N–H and O–H groups in total. The molecule has 156 valence electrons. The molecule has 0 aliphatic heterocycles. The average molecular weight is 419 g/mol. The van der Waals surface area contributed by atoms with E-state index in [2.05, 4.69) is 46.4 Å². The number of carbonyl (C=O) groups is 1. The monoisotopic (exact) mass is 419 g/mol. The lowest BCUT2D eigenvalue weighted by Gasteiger charge is -2.13. The molecule has 5 heteroatoms. The lowest BCUT2D eigenvalue weighted by molar-refractivity contribution is -0.116. The third-order valence-corrected chi connectivity index (χ3v) is 5.60. The molecular formula is C27H21N3O2. The number of amides is 1. The average Bonchev–Trinajstić information content (AvgIpc) is 3.39. The van der Waals surface area contributed by atoms with E-state index in [9.17, 15) is 4.79 Å². The number of rotatable bonds is 3. The second kappa shape index (κ2) is 8.09. The van der Waals surface area contributed by atoms with E-state index in [0.717, 1.165) is 33.6 Å². The molecule has 0 saturated heterocycles. The van der Waals surface area contributed by atoms with E-state index in [1.54, 1.807) is 13.4 Å². The summed E-state index contributed by atoms with van der Waals surface area (Å²) in [6, 6.07) is 21.7. The van der Waals surface area contributed by atoms with E-state index in [4.69, 9.17) is 4.74 Å². The summed E-state index contributed by atoms with van der Waals surface area (Å²) in [4.78, 5) is 17.0. The van der Waals surface area contributed by atoms with E-state index >= 15 is 0 Å². The van der Waals surface area contributed by atoms with Gasteiger partial charge in [0.15, 0.2) is 0 Å². The minimum Gasteiger partial charge on any atom is -0.495 e. The quantitative estimate of drug-likeness (QED) is 0.500. The Kier molecular flexibility index (Phi) is 4.97. The molecule has 1 heterocycles. The number of aromatic nitrogens is 2. The molecule has 1 aliphatic carbocycles. The van der Waals surface area contributed by atoms with Crippen molar-refractivity contribution in [3.63, 3.8) is 0 Å². The van der Waals surface area contributed by atoms with Crippen LogP contribution in [-0.2, 0) is 4.79 Å². The van der Waals surface area contributed by atoms with E-state index in [1.165, 1.54) is 0 Å². The minimum absolute atomic E-state index is 0.203. The van der Waals surface area contributed by atoms with Crippen LogP contribution in [0.1, 0.15) is 28.4 Å². The highest BCUT2D eigenvalue weighted by Crippen LogP contribution is 2.42. The molecule has 5 rings (SSSR count). The maximum absolute atomic E-state index is 12.7. The number of methoxy groups -OCH3 is 1. The molecule has 32 heavy (non-hydrogen) atoms. The maximum atomic E-state index is 12.7. The van der Waals surface area contributed by atoms with Crippen molar-refractivity contribution in [3.8, 4) is 34.4 Å². The Bertz CT molecular complexity index is 1350. The molecule has 4 aromatic rings. The van der Waals surface area contributed by atoms with Crippen molar-refractivity contribution in [1.82, 2.24) is 14.9 Å². The van der Waals surface area contributed by atoms with Gasteiger partial charge in [0.1, 0.15) is 5.75 Å². The molecule has 1 aliphatic rings.